The first-order valence-electron chi connectivity index (χ1n) is 6.76. The average molecular weight is 272 g/mol. The Hall–Kier alpha value is -2.07. The van der Waals surface area contributed by atoms with Crippen molar-refractivity contribution in [1.82, 2.24) is 0 Å². The van der Waals surface area contributed by atoms with Gasteiger partial charge >= 0.3 is 5.97 Å². The third-order valence-electron chi connectivity index (χ3n) is 3.77. The van der Waals surface area contributed by atoms with Crippen LogP contribution in [0.15, 0.2) is 36.4 Å². The van der Waals surface area contributed by atoms with Crippen LogP contribution in [0.3, 0.4) is 0 Å². The summed E-state index contributed by atoms with van der Waals surface area (Å²) in [6.07, 6.45) is 1.55. The molecule has 0 heterocycles. The maximum absolute atomic E-state index is 11.4. The minimum absolute atomic E-state index is 0.141. The van der Waals surface area contributed by atoms with Crippen molar-refractivity contribution in [1.29, 1.82) is 0 Å². The molecule has 0 radical (unpaired) electrons. The van der Waals surface area contributed by atoms with Crippen molar-refractivity contribution in [2.45, 2.75) is 31.5 Å². The van der Waals surface area contributed by atoms with Crippen LogP contribution >= 0.6 is 0 Å². The van der Waals surface area contributed by atoms with E-state index in [1.165, 1.54) is 0 Å². The summed E-state index contributed by atoms with van der Waals surface area (Å²) in [5.74, 6) is -0.680. The fraction of sp³-hybridized carbons (Fsp3) is 0.312. The molecule has 1 aliphatic rings. The molecule has 4 heteroatoms. The van der Waals surface area contributed by atoms with Crippen molar-refractivity contribution < 1.29 is 19.7 Å². The van der Waals surface area contributed by atoms with Gasteiger partial charge < -0.3 is 14.9 Å². The summed E-state index contributed by atoms with van der Waals surface area (Å²) in [5.41, 5.74) is 0.141. The number of fused-ring (bicyclic) bond motifs is 1. The molecule has 104 valence electrons. The molecule has 3 rings (SSSR count). The Kier molecular flexibility index (Phi) is 3.32. The molecular weight excluding hydrogens is 256 g/mol. The largest absolute Gasteiger partial charge is 0.487 e. The molecule has 2 N–H and O–H groups in total. The van der Waals surface area contributed by atoms with Gasteiger partial charge in [0, 0.05) is 0 Å². The van der Waals surface area contributed by atoms with Gasteiger partial charge in [0.1, 0.15) is 17.4 Å². The molecule has 0 saturated heterocycles. The smallest absolute Gasteiger partial charge is 0.339 e. The summed E-state index contributed by atoms with van der Waals surface area (Å²) >= 11 is 0. The quantitative estimate of drug-likeness (QED) is 0.901. The summed E-state index contributed by atoms with van der Waals surface area (Å²) < 4.78 is 5.76. The number of hydrogen-bond acceptors (Lipinski definition) is 3. The van der Waals surface area contributed by atoms with Crippen molar-refractivity contribution in [3.8, 4) is 5.75 Å². The van der Waals surface area contributed by atoms with Crippen molar-refractivity contribution in [3.63, 3.8) is 0 Å². The van der Waals surface area contributed by atoms with Crippen LogP contribution in [0.25, 0.3) is 10.8 Å². The van der Waals surface area contributed by atoms with Gasteiger partial charge in [-0.05, 0) is 42.2 Å². The zero-order valence-corrected chi connectivity index (χ0v) is 11.0. The Bertz CT molecular complexity index is 650. The van der Waals surface area contributed by atoms with Crippen molar-refractivity contribution in [2.24, 2.45) is 0 Å². The first-order chi connectivity index (χ1) is 9.65. The number of carboxylic acids is 1. The molecular formula is C16H16O4. The molecule has 2 unspecified atom stereocenters. The molecule has 2 aromatic carbocycles. The first-order valence-corrected chi connectivity index (χ1v) is 6.76. The predicted octanol–water partition coefficient (Wildman–Crippen LogP) is 2.83. The van der Waals surface area contributed by atoms with Gasteiger partial charge in [-0.15, -0.1) is 0 Å². The van der Waals surface area contributed by atoms with Gasteiger partial charge in [0.25, 0.3) is 0 Å². The Labute approximate surface area is 116 Å². The maximum Gasteiger partial charge on any atom is 0.339 e. The second-order valence-corrected chi connectivity index (χ2v) is 5.16. The molecule has 0 aromatic heterocycles. The third-order valence-corrected chi connectivity index (χ3v) is 3.77. The van der Waals surface area contributed by atoms with E-state index in [9.17, 15) is 15.0 Å². The number of carbonyl (C=O) groups is 1. The van der Waals surface area contributed by atoms with Gasteiger partial charge in [-0.1, -0.05) is 24.3 Å². The number of aliphatic hydroxyl groups is 1. The van der Waals surface area contributed by atoms with Crippen LogP contribution in [0.4, 0.5) is 0 Å². The number of aliphatic hydroxyl groups excluding tert-OH is 1. The van der Waals surface area contributed by atoms with E-state index in [1.807, 2.05) is 24.3 Å². The average Bonchev–Trinajstić information content (AvgIpc) is 2.83. The fourth-order valence-corrected chi connectivity index (χ4v) is 2.69. The molecule has 0 aliphatic heterocycles. The first kappa shape index (κ1) is 12.9. The normalized spacial score (nSPS) is 22.1. The summed E-state index contributed by atoms with van der Waals surface area (Å²) in [4.78, 5) is 11.4. The van der Waals surface area contributed by atoms with Gasteiger partial charge in [-0.3, -0.25) is 0 Å². The third kappa shape index (κ3) is 2.34. The van der Waals surface area contributed by atoms with Gasteiger partial charge in [0.15, 0.2) is 0 Å². The minimum atomic E-state index is -1.02. The summed E-state index contributed by atoms with van der Waals surface area (Å²) in [5, 5.41) is 20.9. The second-order valence-electron chi connectivity index (χ2n) is 5.16. The maximum atomic E-state index is 11.4. The lowest BCUT2D eigenvalue weighted by molar-refractivity contribution is 0.0561. The number of benzene rings is 2. The molecule has 1 aliphatic carbocycles. The van der Waals surface area contributed by atoms with Gasteiger partial charge in [-0.25, -0.2) is 4.79 Å². The number of ether oxygens (including phenoxy) is 1. The fourth-order valence-electron chi connectivity index (χ4n) is 2.69. The highest BCUT2D eigenvalue weighted by atomic mass is 16.5. The zero-order valence-electron chi connectivity index (χ0n) is 11.0. The highest BCUT2D eigenvalue weighted by molar-refractivity contribution is 5.97. The predicted molar refractivity (Wildman–Crippen MR) is 75.2 cm³/mol. The second kappa shape index (κ2) is 5.13. The molecule has 0 spiro atoms. The van der Waals surface area contributed by atoms with Crippen LogP contribution in [0.1, 0.15) is 29.6 Å². The van der Waals surface area contributed by atoms with E-state index in [0.717, 1.165) is 23.6 Å². The lowest BCUT2D eigenvalue weighted by atomic mass is 10.1. The Balaban J connectivity index is 2.03. The van der Waals surface area contributed by atoms with E-state index < -0.39 is 12.1 Å². The van der Waals surface area contributed by atoms with E-state index in [0.29, 0.717) is 12.2 Å². The van der Waals surface area contributed by atoms with Crippen LogP contribution in [-0.2, 0) is 0 Å². The Morgan fingerprint density at radius 1 is 1.15 bits per heavy atom. The molecule has 1 saturated carbocycles. The standard InChI is InChI=1S/C16H16O4/c17-13-6-3-7-14(13)20-15-9-11-5-2-1-4-10(11)8-12(15)16(18)19/h1-2,4-5,8-9,13-14,17H,3,6-7H2,(H,18,19). The van der Waals surface area contributed by atoms with E-state index in [4.69, 9.17) is 4.74 Å². The summed E-state index contributed by atoms with van der Waals surface area (Å²) in [7, 11) is 0. The van der Waals surface area contributed by atoms with Crippen molar-refractivity contribution in [2.75, 3.05) is 0 Å². The molecule has 20 heavy (non-hydrogen) atoms. The Morgan fingerprint density at radius 2 is 1.85 bits per heavy atom. The topological polar surface area (TPSA) is 66.8 Å². The van der Waals surface area contributed by atoms with Crippen LogP contribution in [0.5, 0.6) is 5.75 Å². The number of aromatic carboxylic acids is 1. The van der Waals surface area contributed by atoms with Gasteiger partial charge in [0.05, 0.1) is 6.10 Å². The van der Waals surface area contributed by atoms with Gasteiger partial charge in [-0.2, -0.15) is 0 Å². The summed E-state index contributed by atoms with van der Waals surface area (Å²) in [6, 6.07) is 10.9. The SMILES string of the molecule is O=C(O)c1cc2ccccc2cc1OC1CCCC1O. The lowest BCUT2D eigenvalue weighted by Gasteiger charge is -2.19. The monoisotopic (exact) mass is 272 g/mol. The van der Waals surface area contributed by atoms with Gasteiger partial charge in [0.2, 0.25) is 0 Å². The van der Waals surface area contributed by atoms with Crippen molar-refractivity contribution >= 4 is 16.7 Å². The number of carboxylic acid groups (broad SMARTS) is 1. The highest BCUT2D eigenvalue weighted by Gasteiger charge is 2.28. The van der Waals surface area contributed by atoms with Crippen LogP contribution in [-0.4, -0.2) is 28.4 Å². The van der Waals surface area contributed by atoms with Crippen LogP contribution in [0, 0.1) is 0 Å². The van der Waals surface area contributed by atoms with Crippen LogP contribution < -0.4 is 4.74 Å². The van der Waals surface area contributed by atoms with E-state index in [-0.39, 0.29) is 11.7 Å². The van der Waals surface area contributed by atoms with E-state index >= 15 is 0 Å². The number of rotatable bonds is 3. The molecule has 0 amide bonds. The molecule has 2 atom stereocenters. The van der Waals surface area contributed by atoms with E-state index in [1.54, 1.807) is 12.1 Å². The van der Waals surface area contributed by atoms with E-state index in [2.05, 4.69) is 0 Å². The van der Waals surface area contributed by atoms with Crippen molar-refractivity contribution in [3.05, 3.63) is 42.0 Å². The van der Waals surface area contributed by atoms with Crippen LogP contribution in [0.2, 0.25) is 0 Å². The molecule has 1 fully saturated rings. The molecule has 2 aromatic rings. The minimum Gasteiger partial charge on any atom is -0.487 e. The highest BCUT2D eigenvalue weighted by Crippen LogP contribution is 2.30. The Morgan fingerprint density at radius 3 is 2.45 bits per heavy atom. The zero-order chi connectivity index (χ0) is 14.1. The lowest BCUT2D eigenvalue weighted by Crippen LogP contribution is -2.26. The molecule has 4 nitrogen and oxygen atoms in total. The summed E-state index contributed by atoms with van der Waals surface area (Å²) in [6.45, 7) is 0. The molecule has 0 bridgehead atoms. The number of hydrogen-bond donors (Lipinski definition) is 2.